The first-order valence-electron chi connectivity index (χ1n) is 9.75. The molecule has 0 saturated heterocycles. The second-order valence-electron chi connectivity index (χ2n) is 7.37. The van der Waals surface area contributed by atoms with Gasteiger partial charge in [0.05, 0.1) is 11.3 Å². The maximum Gasteiger partial charge on any atom is 0.407 e. The van der Waals surface area contributed by atoms with Crippen LogP contribution in [0.4, 0.5) is 10.6 Å². The van der Waals surface area contributed by atoms with E-state index in [4.69, 9.17) is 4.74 Å². The van der Waals surface area contributed by atoms with E-state index in [2.05, 4.69) is 25.9 Å². The van der Waals surface area contributed by atoms with E-state index >= 15 is 0 Å². The Morgan fingerprint density at radius 2 is 2.21 bits per heavy atom. The summed E-state index contributed by atoms with van der Waals surface area (Å²) in [6, 6.07) is 1.85. The van der Waals surface area contributed by atoms with Crippen molar-refractivity contribution >= 4 is 17.8 Å². The molecule has 2 aromatic heterocycles. The van der Waals surface area contributed by atoms with E-state index in [-0.39, 0.29) is 18.1 Å². The standard InChI is InChI=1S/C19H28N6O3/c1-4-7-20-19(27)28-15-6-5-13(9-15)8-14-10-17(23-22-14)21-18(26)16-11-25(3)24-12(16)2/h10-11,13,15H,4-9H2,1-3H3,(H,20,27)(H2,21,22,23,26). The molecule has 2 unspecified atom stereocenters. The van der Waals surface area contributed by atoms with Gasteiger partial charge in [0, 0.05) is 31.5 Å². The first kappa shape index (κ1) is 19.9. The number of carbonyl (C=O) groups excluding carboxylic acids is 2. The lowest BCUT2D eigenvalue weighted by Gasteiger charge is -2.13. The summed E-state index contributed by atoms with van der Waals surface area (Å²) in [6.07, 6.45) is 5.75. The Kier molecular flexibility index (Phi) is 6.33. The number of carbonyl (C=O) groups is 2. The van der Waals surface area contributed by atoms with Gasteiger partial charge in [-0.3, -0.25) is 14.6 Å². The summed E-state index contributed by atoms with van der Waals surface area (Å²) in [5.74, 6) is 0.692. The number of rotatable bonds is 7. The van der Waals surface area contributed by atoms with Gasteiger partial charge in [0.25, 0.3) is 5.91 Å². The predicted octanol–water partition coefficient (Wildman–Crippen LogP) is 2.55. The van der Waals surface area contributed by atoms with Crippen molar-refractivity contribution in [3.8, 4) is 0 Å². The Labute approximate surface area is 164 Å². The highest BCUT2D eigenvalue weighted by molar-refractivity contribution is 6.04. The molecule has 2 atom stereocenters. The SMILES string of the molecule is CCCNC(=O)OC1CCC(Cc2cc(NC(=O)c3cn(C)nc3C)n[nH]2)C1. The van der Waals surface area contributed by atoms with Crippen LogP contribution in [0.15, 0.2) is 12.3 Å². The van der Waals surface area contributed by atoms with E-state index < -0.39 is 0 Å². The molecule has 1 saturated carbocycles. The van der Waals surface area contributed by atoms with Crippen LogP contribution in [0.1, 0.15) is 54.4 Å². The summed E-state index contributed by atoms with van der Waals surface area (Å²) in [5.41, 5.74) is 2.17. The number of ether oxygens (including phenoxy) is 1. The molecule has 0 spiro atoms. The van der Waals surface area contributed by atoms with Crippen LogP contribution in [0.3, 0.4) is 0 Å². The van der Waals surface area contributed by atoms with E-state index in [1.807, 2.05) is 13.0 Å². The van der Waals surface area contributed by atoms with Crippen LogP contribution in [-0.2, 0) is 18.2 Å². The summed E-state index contributed by atoms with van der Waals surface area (Å²) in [6.45, 7) is 4.44. The quantitative estimate of drug-likeness (QED) is 0.674. The molecule has 3 N–H and O–H groups in total. The van der Waals surface area contributed by atoms with E-state index in [1.165, 1.54) is 0 Å². The maximum absolute atomic E-state index is 12.4. The number of alkyl carbamates (subject to hydrolysis) is 1. The van der Waals surface area contributed by atoms with Gasteiger partial charge in [-0.05, 0) is 44.9 Å². The Morgan fingerprint density at radius 3 is 2.93 bits per heavy atom. The minimum Gasteiger partial charge on any atom is -0.446 e. The first-order valence-corrected chi connectivity index (χ1v) is 9.75. The Bertz CT molecular complexity index is 828. The smallest absolute Gasteiger partial charge is 0.407 e. The van der Waals surface area contributed by atoms with Gasteiger partial charge in [-0.1, -0.05) is 6.92 Å². The lowest BCUT2D eigenvalue weighted by molar-refractivity contribution is 0.0985. The van der Waals surface area contributed by atoms with Crippen LogP contribution in [-0.4, -0.2) is 44.6 Å². The lowest BCUT2D eigenvalue weighted by Crippen LogP contribution is -2.28. The number of aromatic nitrogens is 4. The van der Waals surface area contributed by atoms with E-state index in [0.717, 1.165) is 37.8 Å². The van der Waals surface area contributed by atoms with Crippen molar-refractivity contribution < 1.29 is 14.3 Å². The van der Waals surface area contributed by atoms with Gasteiger partial charge >= 0.3 is 6.09 Å². The minimum absolute atomic E-state index is 0.0301. The third-order valence-electron chi connectivity index (χ3n) is 4.93. The number of nitrogens with zero attached hydrogens (tertiary/aromatic N) is 3. The van der Waals surface area contributed by atoms with Gasteiger partial charge in [0.2, 0.25) is 0 Å². The number of H-pyrrole nitrogens is 1. The van der Waals surface area contributed by atoms with Crippen LogP contribution in [0, 0.1) is 12.8 Å². The summed E-state index contributed by atoms with van der Waals surface area (Å²) in [7, 11) is 1.78. The van der Waals surface area contributed by atoms with Crippen molar-refractivity contribution in [2.24, 2.45) is 13.0 Å². The number of amides is 2. The molecule has 1 aliphatic carbocycles. The summed E-state index contributed by atoms with van der Waals surface area (Å²) in [4.78, 5) is 24.0. The number of hydrogen-bond donors (Lipinski definition) is 3. The Hall–Kier alpha value is -2.84. The van der Waals surface area contributed by atoms with E-state index in [9.17, 15) is 9.59 Å². The van der Waals surface area contributed by atoms with Gasteiger partial charge in [-0.2, -0.15) is 10.2 Å². The zero-order valence-electron chi connectivity index (χ0n) is 16.6. The largest absolute Gasteiger partial charge is 0.446 e. The Balaban J connectivity index is 1.48. The molecular formula is C19H28N6O3. The summed E-state index contributed by atoms with van der Waals surface area (Å²) < 4.78 is 7.07. The van der Waals surface area contributed by atoms with Crippen molar-refractivity contribution in [1.82, 2.24) is 25.3 Å². The number of anilines is 1. The van der Waals surface area contributed by atoms with Crippen molar-refractivity contribution in [3.63, 3.8) is 0 Å². The molecule has 9 heteroatoms. The number of hydrogen-bond acceptors (Lipinski definition) is 5. The van der Waals surface area contributed by atoms with E-state index in [1.54, 1.807) is 24.9 Å². The number of aryl methyl sites for hydroxylation is 2. The third kappa shape index (κ3) is 5.11. The zero-order chi connectivity index (χ0) is 20.1. The normalized spacial score (nSPS) is 18.8. The highest BCUT2D eigenvalue weighted by Gasteiger charge is 2.28. The van der Waals surface area contributed by atoms with Crippen LogP contribution >= 0.6 is 0 Å². The monoisotopic (exact) mass is 388 g/mol. The van der Waals surface area contributed by atoms with Crippen LogP contribution in [0.2, 0.25) is 0 Å². The van der Waals surface area contributed by atoms with Crippen LogP contribution in [0.25, 0.3) is 0 Å². The van der Waals surface area contributed by atoms with Crippen molar-refractivity contribution in [1.29, 1.82) is 0 Å². The second-order valence-corrected chi connectivity index (χ2v) is 7.37. The summed E-state index contributed by atoms with van der Waals surface area (Å²) >= 11 is 0. The maximum atomic E-state index is 12.4. The van der Waals surface area contributed by atoms with Gasteiger partial charge < -0.3 is 15.4 Å². The lowest BCUT2D eigenvalue weighted by atomic mass is 10.0. The van der Waals surface area contributed by atoms with Crippen molar-refractivity contribution in [2.75, 3.05) is 11.9 Å². The van der Waals surface area contributed by atoms with Crippen LogP contribution in [0.5, 0.6) is 0 Å². The van der Waals surface area contributed by atoms with Crippen LogP contribution < -0.4 is 10.6 Å². The van der Waals surface area contributed by atoms with Gasteiger partial charge in [0.1, 0.15) is 6.10 Å². The molecule has 0 aromatic carbocycles. The second kappa shape index (κ2) is 8.90. The fourth-order valence-corrected chi connectivity index (χ4v) is 3.59. The molecule has 3 rings (SSSR count). The first-order chi connectivity index (χ1) is 13.4. The Morgan fingerprint density at radius 1 is 1.39 bits per heavy atom. The molecule has 0 radical (unpaired) electrons. The molecule has 152 valence electrons. The molecule has 2 amide bonds. The van der Waals surface area contributed by atoms with Gasteiger partial charge in [0.15, 0.2) is 5.82 Å². The van der Waals surface area contributed by atoms with Gasteiger partial charge in [-0.15, -0.1) is 0 Å². The molecule has 9 nitrogen and oxygen atoms in total. The highest BCUT2D eigenvalue weighted by atomic mass is 16.6. The topological polar surface area (TPSA) is 114 Å². The molecular weight excluding hydrogens is 360 g/mol. The van der Waals surface area contributed by atoms with Gasteiger partial charge in [-0.25, -0.2) is 4.79 Å². The highest BCUT2D eigenvalue weighted by Crippen LogP contribution is 2.30. The fourth-order valence-electron chi connectivity index (χ4n) is 3.59. The predicted molar refractivity (Wildman–Crippen MR) is 104 cm³/mol. The zero-order valence-corrected chi connectivity index (χ0v) is 16.6. The molecule has 1 aliphatic rings. The average molecular weight is 388 g/mol. The molecule has 0 aliphatic heterocycles. The molecule has 1 fully saturated rings. The molecule has 0 bridgehead atoms. The molecule has 28 heavy (non-hydrogen) atoms. The average Bonchev–Trinajstić information content (AvgIpc) is 3.35. The number of aromatic amines is 1. The number of nitrogens with one attached hydrogen (secondary N) is 3. The minimum atomic E-state index is -0.329. The fraction of sp³-hybridized carbons (Fsp3) is 0.579. The molecule has 2 heterocycles. The van der Waals surface area contributed by atoms with Crippen molar-refractivity contribution in [2.45, 2.75) is 52.1 Å². The van der Waals surface area contributed by atoms with E-state index in [0.29, 0.717) is 29.5 Å². The molecule has 2 aromatic rings. The van der Waals surface area contributed by atoms with Crippen molar-refractivity contribution in [3.05, 3.63) is 29.2 Å². The summed E-state index contributed by atoms with van der Waals surface area (Å²) in [5, 5.41) is 16.9. The third-order valence-corrected chi connectivity index (χ3v) is 4.93.